The molecule has 0 bridgehead atoms. The van der Waals surface area contributed by atoms with Gasteiger partial charge in [-0.15, -0.1) is 0 Å². The molecule has 1 aliphatic rings. The molecule has 0 radical (unpaired) electrons. The van der Waals surface area contributed by atoms with E-state index in [4.69, 9.17) is 11.6 Å². The fraction of sp³-hybridized carbons (Fsp3) is 0.577. The van der Waals surface area contributed by atoms with Crippen LogP contribution in [0.4, 0.5) is 13.2 Å². The summed E-state index contributed by atoms with van der Waals surface area (Å²) in [5.74, 6) is -2.48. The number of alkyl halides is 3. The number of carbonyl (C=O) groups is 3. The Morgan fingerprint density at radius 3 is 2.26 bits per heavy atom. The van der Waals surface area contributed by atoms with Gasteiger partial charge in [-0.05, 0) is 50.5 Å². The number of nitrogens with zero attached hydrogens (tertiary/aromatic N) is 4. The molecule has 0 aliphatic heterocycles. The van der Waals surface area contributed by atoms with Crippen LogP contribution in [0.15, 0.2) is 18.6 Å². The van der Waals surface area contributed by atoms with Gasteiger partial charge in [-0.1, -0.05) is 32.4 Å². The summed E-state index contributed by atoms with van der Waals surface area (Å²) in [4.78, 5) is 43.4. The largest absolute Gasteiger partial charge is 0.481 e. The van der Waals surface area contributed by atoms with Crippen LogP contribution in [0.5, 0.6) is 0 Å². The summed E-state index contributed by atoms with van der Waals surface area (Å²) in [5, 5.41) is 13.5. The number of halogens is 4. The smallest absolute Gasteiger partial charge is 0.433 e. The molecule has 1 fully saturated rings. The second-order valence-corrected chi connectivity index (χ2v) is 11.8. The van der Waals surface area contributed by atoms with Gasteiger partial charge in [0.1, 0.15) is 0 Å². The normalized spacial score (nSPS) is 20.3. The minimum absolute atomic E-state index is 0.00218. The number of Topliss-reactive ketones (excluding diaryl/α,β-unsaturated/α-hetero) is 1. The Hall–Kier alpha value is -2.95. The number of hydrogen-bond acceptors (Lipinski definition) is 5. The van der Waals surface area contributed by atoms with E-state index in [2.05, 4.69) is 10.1 Å². The quantitative estimate of drug-likeness (QED) is 0.430. The molecule has 2 aromatic rings. The van der Waals surface area contributed by atoms with Gasteiger partial charge in [-0.2, -0.15) is 18.3 Å². The van der Waals surface area contributed by atoms with Crippen molar-refractivity contribution in [1.82, 2.24) is 19.7 Å². The first-order valence-electron chi connectivity index (χ1n) is 12.3. The van der Waals surface area contributed by atoms with Crippen molar-refractivity contribution < 1.29 is 32.7 Å². The Balaban J connectivity index is 1.98. The topological polar surface area (TPSA) is 105 Å². The van der Waals surface area contributed by atoms with Crippen LogP contribution in [0.3, 0.4) is 0 Å². The van der Waals surface area contributed by atoms with E-state index >= 15 is 0 Å². The summed E-state index contributed by atoms with van der Waals surface area (Å²) in [7, 11) is 0. The van der Waals surface area contributed by atoms with Crippen molar-refractivity contribution in [2.24, 2.45) is 10.8 Å². The monoisotopic (exact) mass is 556 g/mol. The molecule has 1 saturated carbocycles. The number of hydrogen-bond donors (Lipinski definition) is 1. The van der Waals surface area contributed by atoms with Crippen molar-refractivity contribution in [3.8, 4) is 0 Å². The lowest BCUT2D eigenvalue weighted by Gasteiger charge is -2.34. The first kappa shape index (κ1) is 29.6. The lowest BCUT2D eigenvalue weighted by atomic mass is 9.74. The van der Waals surface area contributed by atoms with Gasteiger partial charge in [0.15, 0.2) is 11.5 Å². The molecule has 1 amide bonds. The van der Waals surface area contributed by atoms with E-state index in [1.807, 2.05) is 0 Å². The second kappa shape index (κ2) is 10.7. The zero-order chi connectivity index (χ0) is 28.6. The van der Waals surface area contributed by atoms with Crippen LogP contribution in [-0.4, -0.2) is 55.5 Å². The van der Waals surface area contributed by atoms with E-state index in [9.17, 15) is 32.7 Å². The molecule has 1 aliphatic carbocycles. The highest BCUT2D eigenvalue weighted by molar-refractivity contribution is 6.34. The van der Waals surface area contributed by atoms with Crippen LogP contribution in [-0.2, 0) is 11.0 Å². The molecule has 208 valence electrons. The highest BCUT2D eigenvalue weighted by Gasteiger charge is 2.45. The van der Waals surface area contributed by atoms with Crippen LogP contribution >= 0.6 is 11.6 Å². The average Bonchev–Trinajstić information content (AvgIpc) is 3.23. The van der Waals surface area contributed by atoms with Crippen molar-refractivity contribution in [2.45, 2.75) is 72.5 Å². The first-order chi connectivity index (χ1) is 17.4. The number of aromatic nitrogens is 3. The van der Waals surface area contributed by atoms with Crippen LogP contribution in [0.25, 0.3) is 0 Å². The average molecular weight is 557 g/mol. The fourth-order valence-electron chi connectivity index (χ4n) is 4.86. The maximum atomic E-state index is 14.4. The number of pyridine rings is 1. The molecular formula is C26H32ClF3N4O4. The van der Waals surface area contributed by atoms with E-state index in [1.165, 1.54) is 12.4 Å². The molecule has 0 unspecified atom stereocenters. The molecular weight excluding hydrogens is 525 g/mol. The molecule has 2 aromatic heterocycles. The highest BCUT2D eigenvalue weighted by atomic mass is 35.5. The Morgan fingerprint density at radius 2 is 1.76 bits per heavy atom. The molecule has 2 heterocycles. The molecule has 0 atom stereocenters. The number of rotatable bonds is 7. The second-order valence-electron chi connectivity index (χ2n) is 11.4. The lowest BCUT2D eigenvalue weighted by Crippen LogP contribution is -2.42. The number of aliphatic carboxylic acids is 1. The summed E-state index contributed by atoms with van der Waals surface area (Å²) in [6, 6.07) is -0.712. The predicted octanol–water partition coefficient (Wildman–Crippen LogP) is 5.84. The number of carboxylic acid groups (broad SMARTS) is 1. The third kappa shape index (κ3) is 6.36. The number of ketones is 1. The zero-order valence-corrected chi connectivity index (χ0v) is 22.8. The van der Waals surface area contributed by atoms with Crippen LogP contribution < -0.4 is 0 Å². The highest BCUT2D eigenvalue weighted by Crippen LogP contribution is 2.43. The van der Waals surface area contributed by atoms with Gasteiger partial charge in [0, 0.05) is 24.5 Å². The van der Waals surface area contributed by atoms with Crippen molar-refractivity contribution in [1.29, 1.82) is 0 Å². The van der Waals surface area contributed by atoms with E-state index in [0.717, 1.165) is 15.8 Å². The maximum Gasteiger partial charge on any atom is 0.433 e. The molecule has 8 nitrogen and oxygen atoms in total. The van der Waals surface area contributed by atoms with Crippen molar-refractivity contribution in [2.75, 3.05) is 13.1 Å². The van der Waals surface area contributed by atoms with Crippen LogP contribution in [0, 0.1) is 17.8 Å². The number of aryl methyl sites for hydroxylation is 1. The van der Waals surface area contributed by atoms with Gasteiger partial charge < -0.3 is 10.0 Å². The van der Waals surface area contributed by atoms with Crippen LogP contribution in [0.2, 0.25) is 5.02 Å². The Morgan fingerprint density at radius 1 is 1.16 bits per heavy atom. The molecule has 0 spiro atoms. The fourth-order valence-corrected chi connectivity index (χ4v) is 5.17. The van der Waals surface area contributed by atoms with E-state index in [0.29, 0.717) is 5.56 Å². The molecule has 0 saturated heterocycles. The van der Waals surface area contributed by atoms with E-state index in [-0.39, 0.29) is 42.8 Å². The number of carboxylic acids is 1. The van der Waals surface area contributed by atoms with Crippen molar-refractivity contribution in [3.05, 3.63) is 46.0 Å². The summed E-state index contributed by atoms with van der Waals surface area (Å²) in [5.41, 5.74) is -2.76. The Bertz CT molecular complexity index is 1210. The summed E-state index contributed by atoms with van der Waals surface area (Å²) in [6.07, 6.45) is -0.563. The SMILES string of the molecule is Cc1cncc(Cl)c1C(=O)CN(CC(C)(C)C)C(=O)c1cnn([C@H]2CC[C@](C)(C(=O)O)CC2)c1C(F)(F)F. The van der Waals surface area contributed by atoms with Gasteiger partial charge in [-0.25, -0.2) is 0 Å². The standard InChI is InChI=1S/C26H32ClF3N4O4/c1-15-10-31-12-18(27)20(15)19(35)13-33(14-24(2,3)4)22(36)17-11-32-34(21(17)26(28,29)30)16-6-8-25(5,9-7-16)23(37)38/h10-12,16H,6-9,13-14H2,1-5H3,(H,37,38)/t16-,25-. The van der Waals surface area contributed by atoms with Gasteiger partial charge in [0.2, 0.25) is 0 Å². The summed E-state index contributed by atoms with van der Waals surface area (Å²) in [6.45, 7) is 8.14. The van der Waals surface area contributed by atoms with Gasteiger partial charge in [0.05, 0.1) is 34.8 Å². The molecule has 1 N–H and O–H groups in total. The summed E-state index contributed by atoms with van der Waals surface area (Å²) >= 11 is 6.17. The third-order valence-electron chi connectivity index (χ3n) is 6.87. The molecule has 38 heavy (non-hydrogen) atoms. The molecule has 12 heteroatoms. The first-order valence-corrected chi connectivity index (χ1v) is 12.6. The van der Waals surface area contributed by atoms with Crippen molar-refractivity contribution >= 4 is 29.3 Å². The Kier molecular flexibility index (Phi) is 8.31. The molecule has 3 rings (SSSR count). The zero-order valence-electron chi connectivity index (χ0n) is 22.0. The minimum atomic E-state index is -4.91. The summed E-state index contributed by atoms with van der Waals surface area (Å²) < 4.78 is 43.9. The van der Waals surface area contributed by atoms with Gasteiger partial charge in [0.25, 0.3) is 5.91 Å². The van der Waals surface area contributed by atoms with E-state index in [1.54, 1.807) is 34.6 Å². The molecule has 0 aromatic carbocycles. The van der Waals surface area contributed by atoms with Crippen molar-refractivity contribution in [3.63, 3.8) is 0 Å². The minimum Gasteiger partial charge on any atom is -0.481 e. The van der Waals surface area contributed by atoms with Gasteiger partial charge in [-0.3, -0.25) is 24.0 Å². The number of carbonyl (C=O) groups excluding carboxylic acids is 2. The van der Waals surface area contributed by atoms with E-state index < -0.39 is 58.5 Å². The lowest BCUT2D eigenvalue weighted by molar-refractivity contribution is -0.152. The number of amides is 1. The van der Waals surface area contributed by atoms with Crippen LogP contribution in [0.1, 0.15) is 91.4 Å². The third-order valence-corrected chi connectivity index (χ3v) is 7.16. The maximum absolute atomic E-state index is 14.4. The Labute approximate surface area is 224 Å². The van der Waals surface area contributed by atoms with Gasteiger partial charge >= 0.3 is 12.1 Å². The predicted molar refractivity (Wildman–Crippen MR) is 134 cm³/mol.